The van der Waals surface area contributed by atoms with Crippen LogP contribution in [0.3, 0.4) is 0 Å². The number of benzene rings is 1. The van der Waals surface area contributed by atoms with Gasteiger partial charge < -0.3 is 10.2 Å². The zero-order chi connectivity index (χ0) is 15.4. The zero-order valence-electron chi connectivity index (χ0n) is 14.4. The molecule has 2 heteroatoms. The second-order valence-electron chi connectivity index (χ2n) is 7.31. The molecule has 2 nitrogen and oxygen atoms in total. The Morgan fingerprint density at radius 3 is 2.67 bits per heavy atom. The van der Waals surface area contributed by atoms with Gasteiger partial charge in [-0.3, -0.25) is 0 Å². The highest BCUT2D eigenvalue weighted by Crippen LogP contribution is 2.29. The third-order valence-corrected chi connectivity index (χ3v) is 4.66. The van der Waals surface area contributed by atoms with Crippen LogP contribution in [-0.4, -0.2) is 19.1 Å². The molecule has 1 aromatic rings. The SMILES string of the molecule is Cc1cc(N2CCC(C)CC2C)ccc1CNCC(C)C. The van der Waals surface area contributed by atoms with E-state index in [-0.39, 0.29) is 0 Å². The summed E-state index contributed by atoms with van der Waals surface area (Å²) in [4.78, 5) is 2.58. The summed E-state index contributed by atoms with van der Waals surface area (Å²) in [5.74, 6) is 1.58. The third kappa shape index (κ3) is 4.47. The van der Waals surface area contributed by atoms with Crippen molar-refractivity contribution in [3.8, 4) is 0 Å². The lowest BCUT2D eigenvalue weighted by molar-refractivity contribution is 0.378. The molecule has 0 aromatic heterocycles. The van der Waals surface area contributed by atoms with Crippen LogP contribution in [0.1, 0.15) is 51.7 Å². The van der Waals surface area contributed by atoms with Crippen LogP contribution in [0.4, 0.5) is 5.69 Å². The van der Waals surface area contributed by atoms with Crippen molar-refractivity contribution in [3.05, 3.63) is 29.3 Å². The number of aryl methyl sites for hydroxylation is 1. The zero-order valence-corrected chi connectivity index (χ0v) is 14.4. The van der Waals surface area contributed by atoms with Crippen LogP contribution in [0.25, 0.3) is 0 Å². The minimum atomic E-state index is 0.665. The van der Waals surface area contributed by atoms with Crippen molar-refractivity contribution in [1.82, 2.24) is 5.32 Å². The Hall–Kier alpha value is -1.02. The van der Waals surface area contributed by atoms with Crippen LogP contribution in [0, 0.1) is 18.8 Å². The minimum absolute atomic E-state index is 0.665. The average Bonchev–Trinajstić information content (AvgIpc) is 2.40. The molecule has 0 radical (unpaired) electrons. The lowest BCUT2D eigenvalue weighted by atomic mass is 9.92. The fraction of sp³-hybridized carbons (Fsp3) is 0.684. The number of hydrogen-bond donors (Lipinski definition) is 1. The Balaban J connectivity index is 2.01. The minimum Gasteiger partial charge on any atom is -0.369 e. The fourth-order valence-corrected chi connectivity index (χ4v) is 3.34. The van der Waals surface area contributed by atoms with Gasteiger partial charge in [0.1, 0.15) is 0 Å². The molecule has 1 aromatic carbocycles. The van der Waals surface area contributed by atoms with Crippen LogP contribution >= 0.6 is 0 Å². The Morgan fingerprint density at radius 1 is 1.29 bits per heavy atom. The molecule has 0 aliphatic carbocycles. The first-order valence-corrected chi connectivity index (χ1v) is 8.54. The molecule has 1 fully saturated rings. The standard InChI is InChI=1S/C19H32N2/c1-14(2)12-20-13-18-6-7-19(11-16(18)4)21-9-8-15(3)10-17(21)5/h6-7,11,14-15,17,20H,8-10,12-13H2,1-5H3. The van der Waals surface area contributed by atoms with Gasteiger partial charge in [-0.05, 0) is 68.3 Å². The maximum Gasteiger partial charge on any atom is 0.0371 e. The summed E-state index contributed by atoms with van der Waals surface area (Å²) in [7, 11) is 0. The van der Waals surface area contributed by atoms with Crippen molar-refractivity contribution >= 4 is 5.69 Å². The van der Waals surface area contributed by atoms with E-state index >= 15 is 0 Å². The average molecular weight is 288 g/mol. The van der Waals surface area contributed by atoms with E-state index in [1.807, 2.05) is 0 Å². The van der Waals surface area contributed by atoms with Gasteiger partial charge in [0.2, 0.25) is 0 Å². The Morgan fingerprint density at radius 2 is 2.05 bits per heavy atom. The van der Waals surface area contributed by atoms with Crippen LogP contribution < -0.4 is 10.2 Å². The van der Waals surface area contributed by atoms with Gasteiger partial charge in [0.25, 0.3) is 0 Å². The lowest BCUT2D eigenvalue weighted by Gasteiger charge is -2.38. The highest BCUT2D eigenvalue weighted by molar-refractivity contribution is 5.52. The van der Waals surface area contributed by atoms with Gasteiger partial charge in [0.15, 0.2) is 0 Å². The van der Waals surface area contributed by atoms with E-state index in [1.165, 1.54) is 36.2 Å². The van der Waals surface area contributed by atoms with Gasteiger partial charge in [-0.2, -0.15) is 0 Å². The summed E-state index contributed by atoms with van der Waals surface area (Å²) in [5.41, 5.74) is 4.24. The Bertz CT molecular complexity index is 453. The van der Waals surface area contributed by atoms with E-state index in [4.69, 9.17) is 0 Å². The molecule has 2 atom stereocenters. The number of nitrogens with zero attached hydrogens (tertiary/aromatic N) is 1. The van der Waals surface area contributed by atoms with Gasteiger partial charge in [0, 0.05) is 24.8 Å². The number of nitrogens with one attached hydrogen (secondary N) is 1. The first-order valence-electron chi connectivity index (χ1n) is 8.54. The van der Waals surface area contributed by atoms with E-state index in [2.05, 4.69) is 63.0 Å². The van der Waals surface area contributed by atoms with E-state index in [0.717, 1.165) is 19.0 Å². The number of rotatable bonds is 5. The van der Waals surface area contributed by atoms with Crippen LogP contribution in [0.5, 0.6) is 0 Å². The molecule has 0 amide bonds. The molecule has 118 valence electrons. The third-order valence-electron chi connectivity index (χ3n) is 4.66. The molecule has 2 unspecified atom stereocenters. The predicted molar refractivity (Wildman–Crippen MR) is 92.9 cm³/mol. The molecule has 0 saturated carbocycles. The normalized spacial score (nSPS) is 22.9. The van der Waals surface area contributed by atoms with Crippen molar-refractivity contribution < 1.29 is 0 Å². The summed E-state index contributed by atoms with van der Waals surface area (Å²) >= 11 is 0. The smallest absolute Gasteiger partial charge is 0.0371 e. The summed E-state index contributed by atoms with van der Waals surface area (Å²) in [5, 5.41) is 3.54. The number of hydrogen-bond acceptors (Lipinski definition) is 2. The van der Waals surface area contributed by atoms with Gasteiger partial charge in [-0.15, -0.1) is 0 Å². The van der Waals surface area contributed by atoms with Gasteiger partial charge in [-0.25, -0.2) is 0 Å². The van der Waals surface area contributed by atoms with Crippen molar-refractivity contribution in [2.75, 3.05) is 18.0 Å². The molecule has 2 rings (SSSR count). The molecule has 21 heavy (non-hydrogen) atoms. The van der Waals surface area contributed by atoms with Crippen LogP contribution in [0.15, 0.2) is 18.2 Å². The Kier molecular flexibility index (Phi) is 5.69. The summed E-state index contributed by atoms with van der Waals surface area (Å²) < 4.78 is 0. The van der Waals surface area contributed by atoms with Gasteiger partial charge in [-0.1, -0.05) is 26.8 Å². The van der Waals surface area contributed by atoms with Crippen LogP contribution in [-0.2, 0) is 6.54 Å². The number of anilines is 1. The highest BCUT2D eigenvalue weighted by atomic mass is 15.2. The molecule has 0 spiro atoms. The van der Waals surface area contributed by atoms with E-state index in [1.54, 1.807) is 0 Å². The summed E-state index contributed by atoms with van der Waals surface area (Å²) in [6.07, 6.45) is 2.64. The quantitative estimate of drug-likeness (QED) is 0.865. The summed E-state index contributed by atoms with van der Waals surface area (Å²) in [6, 6.07) is 7.66. The maximum absolute atomic E-state index is 3.54. The monoisotopic (exact) mass is 288 g/mol. The van der Waals surface area contributed by atoms with Crippen molar-refractivity contribution in [2.24, 2.45) is 11.8 Å². The summed E-state index contributed by atoms with van der Waals surface area (Å²) in [6.45, 7) is 14.8. The molecule has 0 bridgehead atoms. The predicted octanol–water partition coefficient (Wildman–Crippen LogP) is 4.37. The van der Waals surface area contributed by atoms with E-state index < -0.39 is 0 Å². The molecule has 1 aliphatic heterocycles. The second kappa shape index (κ2) is 7.31. The van der Waals surface area contributed by atoms with Crippen LogP contribution in [0.2, 0.25) is 0 Å². The topological polar surface area (TPSA) is 15.3 Å². The largest absolute Gasteiger partial charge is 0.369 e. The fourth-order valence-electron chi connectivity index (χ4n) is 3.34. The van der Waals surface area contributed by atoms with E-state index in [0.29, 0.717) is 12.0 Å². The van der Waals surface area contributed by atoms with Crippen molar-refractivity contribution in [1.29, 1.82) is 0 Å². The first-order chi connectivity index (χ1) is 9.97. The van der Waals surface area contributed by atoms with Gasteiger partial charge in [0.05, 0.1) is 0 Å². The van der Waals surface area contributed by atoms with Crippen molar-refractivity contribution in [3.63, 3.8) is 0 Å². The first kappa shape index (κ1) is 16.4. The molecule has 1 N–H and O–H groups in total. The Labute approximate surface area is 130 Å². The number of piperidine rings is 1. The molecular weight excluding hydrogens is 256 g/mol. The van der Waals surface area contributed by atoms with Crippen molar-refractivity contribution in [2.45, 2.75) is 60.0 Å². The molecule has 1 saturated heterocycles. The van der Waals surface area contributed by atoms with E-state index in [9.17, 15) is 0 Å². The lowest BCUT2D eigenvalue weighted by Crippen LogP contribution is -2.40. The van der Waals surface area contributed by atoms with Gasteiger partial charge >= 0.3 is 0 Å². The molecular formula is C19H32N2. The second-order valence-corrected chi connectivity index (χ2v) is 7.31. The highest BCUT2D eigenvalue weighted by Gasteiger charge is 2.23. The molecule has 1 heterocycles. The molecule has 1 aliphatic rings. The maximum atomic E-state index is 3.54.